The molecule has 1 amide bonds. The Balaban J connectivity index is 1.32. The van der Waals surface area contributed by atoms with E-state index in [1.54, 1.807) is 18.6 Å². The van der Waals surface area contributed by atoms with Crippen LogP contribution in [0.5, 0.6) is 0 Å². The first-order valence-electron chi connectivity index (χ1n) is 10.8. The Bertz CT molecular complexity index is 1220. The Morgan fingerprint density at radius 2 is 1.94 bits per heavy atom. The molecule has 162 valence electrons. The van der Waals surface area contributed by atoms with Crippen LogP contribution < -0.4 is 10.2 Å². The Kier molecular flexibility index (Phi) is 5.18. The van der Waals surface area contributed by atoms with Crippen molar-refractivity contribution in [3.63, 3.8) is 0 Å². The molecule has 0 bridgehead atoms. The predicted molar refractivity (Wildman–Crippen MR) is 123 cm³/mol. The molecule has 1 aliphatic heterocycles. The van der Waals surface area contributed by atoms with Gasteiger partial charge in [-0.1, -0.05) is 11.6 Å². The van der Waals surface area contributed by atoms with E-state index >= 15 is 0 Å². The summed E-state index contributed by atoms with van der Waals surface area (Å²) in [4.78, 5) is 27.4. The normalized spacial score (nSPS) is 21.7. The molecule has 3 aromatic rings. The van der Waals surface area contributed by atoms with E-state index in [1.165, 1.54) is 6.33 Å². The standard InChI is InChI=1S/C24H23ClN6O/c1-24(13-26)2-4-31(5-3-24)21-7-15-8-22(29-12-16(15)6-20(21)25)30-23(32)19-9-18(19)17-10-27-14-28-11-17/h6-8,10-12,14,18-19H,2-5,9H2,1H3,(H,29,30,32). The van der Waals surface area contributed by atoms with Gasteiger partial charge >= 0.3 is 0 Å². The maximum atomic E-state index is 12.7. The van der Waals surface area contributed by atoms with Gasteiger partial charge in [-0.2, -0.15) is 5.26 Å². The van der Waals surface area contributed by atoms with E-state index in [1.807, 2.05) is 25.1 Å². The maximum Gasteiger partial charge on any atom is 0.229 e. The Morgan fingerprint density at radius 1 is 1.19 bits per heavy atom. The summed E-state index contributed by atoms with van der Waals surface area (Å²) in [5.74, 6) is 0.579. The predicted octanol–water partition coefficient (Wildman–Crippen LogP) is 4.55. The van der Waals surface area contributed by atoms with Crippen molar-refractivity contribution in [1.82, 2.24) is 15.0 Å². The van der Waals surface area contributed by atoms with Crippen LogP contribution in [0, 0.1) is 22.7 Å². The number of fused-ring (bicyclic) bond motifs is 1. The second-order valence-electron chi connectivity index (χ2n) is 8.99. The zero-order valence-electron chi connectivity index (χ0n) is 17.8. The third kappa shape index (κ3) is 3.98. The number of pyridine rings is 1. The van der Waals surface area contributed by atoms with Gasteiger partial charge in [0.1, 0.15) is 12.1 Å². The highest BCUT2D eigenvalue weighted by molar-refractivity contribution is 6.34. The minimum absolute atomic E-state index is 0.0355. The third-order valence-electron chi connectivity index (χ3n) is 6.65. The Hall–Kier alpha value is -3.24. The molecule has 1 aromatic carbocycles. The highest BCUT2D eigenvalue weighted by Gasteiger charge is 2.44. The summed E-state index contributed by atoms with van der Waals surface area (Å²) in [5, 5.41) is 14.9. The summed E-state index contributed by atoms with van der Waals surface area (Å²) in [6.45, 7) is 3.59. The average molecular weight is 447 g/mol. The van der Waals surface area contributed by atoms with Crippen molar-refractivity contribution in [1.29, 1.82) is 5.26 Å². The van der Waals surface area contributed by atoms with Crippen molar-refractivity contribution < 1.29 is 4.79 Å². The molecule has 2 aliphatic rings. The van der Waals surface area contributed by atoms with E-state index < -0.39 is 0 Å². The number of anilines is 2. The zero-order chi connectivity index (χ0) is 22.3. The van der Waals surface area contributed by atoms with Crippen LogP contribution in [-0.4, -0.2) is 33.9 Å². The summed E-state index contributed by atoms with van der Waals surface area (Å²) < 4.78 is 0. The lowest BCUT2D eigenvalue weighted by atomic mass is 9.82. The molecule has 1 N–H and O–H groups in total. The van der Waals surface area contributed by atoms with Crippen molar-refractivity contribution >= 4 is 39.8 Å². The van der Waals surface area contributed by atoms with Crippen molar-refractivity contribution in [2.45, 2.75) is 32.1 Å². The number of nitriles is 1. The smallest absolute Gasteiger partial charge is 0.229 e. The summed E-state index contributed by atoms with van der Waals surface area (Å²) in [6.07, 6.45) is 9.18. The Labute approximate surface area is 191 Å². The van der Waals surface area contributed by atoms with Crippen LogP contribution in [0.3, 0.4) is 0 Å². The molecular weight excluding hydrogens is 424 g/mol. The quantitative estimate of drug-likeness (QED) is 0.631. The molecule has 0 radical (unpaired) electrons. The van der Waals surface area contributed by atoms with Crippen LogP contribution >= 0.6 is 11.6 Å². The van der Waals surface area contributed by atoms with Gasteiger partial charge < -0.3 is 10.2 Å². The SMILES string of the molecule is CC1(C#N)CCN(c2cc3cc(NC(=O)C4CC4c4cncnc4)ncc3cc2Cl)CC1. The van der Waals surface area contributed by atoms with Gasteiger partial charge in [-0.05, 0) is 61.3 Å². The molecular formula is C24H23ClN6O. The van der Waals surface area contributed by atoms with Gasteiger partial charge in [-0.25, -0.2) is 15.0 Å². The number of hydrogen-bond donors (Lipinski definition) is 1. The van der Waals surface area contributed by atoms with E-state index in [0.29, 0.717) is 10.8 Å². The number of amides is 1. The van der Waals surface area contributed by atoms with Gasteiger partial charge in [-0.3, -0.25) is 4.79 Å². The number of hydrogen-bond acceptors (Lipinski definition) is 6. The van der Waals surface area contributed by atoms with Crippen LogP contribution in [0.4, 0.5) is 11.5 Å². The maximum absolute atomic E-state index is 12.7. The minimum Gasteiger partial charge on any atom is -0.370 e. The van der Waals surface area contributed by atoms with Crippen LogP contribution in [-0.2, 0) is 4.79 Å². The number of piperidine rings is 1. The lowest BCUT2D eigenvalue weighted by Gasteiger charge is -2.36. The fourth-order valence-electron chi connectivity index (χ4n) is 4.39. The first-order valence-corrected chi connectivity index (χ1v) is 11.1. The molecule has 1 saturated carbocycles. The summed E-state index contributed by atoms with van der Waals surface area (Å²) >= 11 is 6.58. The van der Waals surface area contributed by atoms with E-state index in [0.717, 1.165) is 54.4 Å². The molecule has 2 unspecified atom stereocenters. The number of nitrogens with zero attached hydrogens (tertiary/aromatic N) is 5. The first-order chi connectivity index (χ1) is 15.5. The number of aromatic nitrogens is 3. The van der Waals surface area contributed by atoms with E-state index in [4.69, 9.17) is 11.6 Å². The van der Waals surface area contributed by atoms with Gasteiger partial charge in [0, 0.05) is 43.0 Å². The van der Waals surface area contributed by atoms with E-state index in [-0.39, 0.29) is 23.2 Å². The van der Waals surface area contributed by atoms with Crippen LogP contribution in [0.25, 0.3) is 10.8 Å². The summed E-state index contributed by atoms with van der Waals surface area (Å²) in [6, 6.07) is 8.28. The highest BCUT2D eigenvalue weighted by Crippen LogP contribution is 2.47. The van der Waals surface area contributed by atoms with Crippen LogP contribution in [0.15, 0.2) is 43.1 Å². The van der Waals surface area contributed by atoms with Crippen LogP contribution in [0.1, 0.15) is 37.7 Å². The van der Waals surface area contributed by atoms with E-state index in [2.05, 4.69) is 31.2 Å². The molecule has 2 atom stereocenters. The van der Waals surface area contributed by atoms with Gasteiger partial charge in [0.15, 0.2) is 0 Å². The van der Waals surface area contributed by atoms with Gasteiger partial charge in [0.25, 0.3) is 0 Å². The average Bonchev–Trinajstić information content (AvgIpc) is 3.61. The number of nitrogens with one attached hydrogen (secondary N) is 1. The number of carbonyl (C=O) groups excluding carboxylic acids is 1. The first kappa shape index (κ1) is 20.7. The molecule has 2 fully saturated rings. The van der Waals surface area contributed by atoms with Crippen LogP contribution in [0.2, 0.25) is 5.02 Å². The number of carbonyl (C=O) groups is 1. The molecule has 32 heavy (non-hydrogen) atoms. The fraction of sp³-hybridized carbons (Fsp3) is 0.375. The second-order valence-corrected chi connectivity index (χ2v) is 9.40. The monoisotopic (exact) mass is 446 g/mol. The van der Waals surface area contributed by atoms with E-state index in [9.17, 15) is 10.1 Å². The highest BCUT2D eigenvalue weighted by atomic mass is 35.5. The van der Waals surface area contributed by atoms with Crippen molar-refractivity contribution in [3.8, 4) is 6.07 Å². The van der Waals surface area contributed by atoms with Crippen molar-refractivity contribution in [2.75, 3.05) is 23.3 Å². The number of rotatable bonds is 4. The molecule has 3 heterocycles. The minimum atomic E-state index is -0.270. The molecule has 2 aromatic heterocycles. The number of halogens is 1. The Morgan fingerprint density at radius 3 is 2.66 bits per heavy atom. The topological polar surface area (TPSA) is 94.8 Å². The molecule has 1 saturated heterocycles. The number of benzene rings is 1. The van der Waals surface area contributed by atoms with Gasteiger partial charge in [0.2, 0.25) is 5.91 Å². The third-order valence-corrected chi connectivity index (χ3v) is 6.95. The molecule has 1 aliphatic carbocycles. The second kappa shape index (κ2) is 8.03. The van der Waals surface area contributed by atoms with Gasteiger partial charge in [0.05, 0.1) is 22.2 Å². The molecule has 5 rings (SSSR count). The largest absolute Gasteiger partial charge is 0.370 e. The fourth-order valence-corrected chi connectivity index (χ4v) is 4.68. The summed E-state index contributed by atoms with van der Waals surface area (Å²) in [5.41, 5.74) is 1.68. The molecule has 0 spiro atoms. The van der Waals surface area contributed by atoms with Crippen molar-refractivity contribution in [3.05, 3.63) is 53.7 Å². The van der Waals surface area contributed by atoms with Gasteiger partial charge in [-0.15, -0.1) is 0 Å². The van der Waals surface area contributed by atoms with Crippen molar-refractivity contribution in [2.24, 2.45) is 11.3 Å². The lowest BCUT2D eigenvalue weighted by Crippen LogP contribution is -2.38. The zero-order valence-corrected chi connectivity index (χ0v) is 18.5. The molecule has 7 nitrogen and oxygen atoms in total. The lowest BCUT2D eigenvalue weighted by molar-refractivity contribution is -0.117. The molecule has 8 heteroatoms. The summed E-state index contributed by atoms with van der Waals surface area (Å²) in [7, 11) is 0.